The molecule has 0 amide bonds. The van der Waals surface area contributed by atoms with Crippen LogP contribution in [-0.4, -0.2) is 26.4 Å². The number of hydrogen-bond donors (Lipinski definition) is 0. The average Bonchev–Trinajstić information content (AvgIpc) is 0.615. The first-order valence-electron chi connectivity index (χ1n) is 52.3. The number of rotatable bonds is 40. The third-order valence-electron chi connectivity index (χ3n) is 35.6. The second-order valence-corrected chi connectivity index (χ2v) is 43.4. The number of fused-ring (bicyclic) bond motifs is 10. The van der Waals surface area contributed by atoms with E-state index in [1.165, 1.54) is 324 Å². The Hall–Kier alpha value is -9.64. The summed E-state index contributed by atoms with van der Waals surface area (Å²) in [5.74, 6) is 4.95. The van der Waals surface area contributed by atoms with Gasteiger partial charge in [0.05, 0.1) is 32.2 Å². The molecule has 27 rings (SSSR count). The topological polar surface area (TPSA) is 36.9 Å². The van der Waals surface area contributed by atoms with Gasteiger partial charge in [-0.05, 0) is 329 Å². The minimum absolute atomic E-state index is 0.00698. The first-order valence-corrected chi connectivity index (χ1v) is 52.3. The molecule has 0 aliphatic heterocycles. The highest BCUT2D eigenvalue weighted by Crippen LogP contribution is 2.78. The Balaban J connectivity index is 0.804. The van der Waals surface area contributed by atoms with E-state index < -0.39 is 0 Å². The zero-order valence-electron chi connectivity index (χ0n) is 78.2. The van der Waals surface area contributed by atoms with E-state index in [0.29, 0.717) is 6.61 Å². The number of unbranched alkanes of at least 4 members (excludes halogenated alkanes) is 28. The van der Waals surface area contributed by atoms with Gasteiger partial charge in [-0.1, -0.05) is 285 Å². The largest absolute Gasteiger partial charge is 0.498 e. The molecule has 0 saturated carbocycles. The van der Waals surface area contributed by atoms with Crippen LogP contribution in [0, 0.1) is 26.7 Å². The third kappa shape index (κ3) is 10.4. The smallest absolute Gasteiger partial charge is 0.128 e. The minimum Gasteiger partial charge on any atom is -0.498 e. The number of aryl methyl sites for hydroxylation is 3. The molecule has 4 heteroatoms. The van der Waals surface area contributed by atoms with Gasteiger partial charge in [-0.25, -0.2) is 0 Å². The van der Waals surface area contributed by atoms with Crippen LogP contribution in [0.3, 0.4) is 0 Å². The number of benzene rings is 11. The standard InChI is InChI=1S/C124H128O4/c1-11-15-19-23-27-31-35-39-43-125-69-57-81-77-53-66(8)54-78-82-58-70(126-44-40-36-32-28-24-20-16-12-2)60-84-86-62-88(128-46-42-38-34-30-26-22-18-14-4)102-90-68(10)56-80-76-52-65(7)50-74-72-48-63(5)47-71-73-49-64(6)51-75-79-55-67(9)89-101-87(127-45-41-37-33-29-25-21-17-13-3)61-85-83(59-69)95(81)109-106(94(77)78)110(96(82)84)116-100(86)112(102)120-118-104(90)98(80)114-108(93(74)76)105(91(71)72)107(92(73)75)113-97(79)103(89)117(123(118)121(113)114)119-111(101)99(85)115(109)122(116)124(119)120/h47-57,59-62,77,80,84-85,89,99,103,105,107H,11-46,58H2,1-10H3. The molecule has 9 unspecified atom stereocenters. The summed E-state index contributed by atoms with van der Waals surface area (Å²) in [7, 11) is 0. The van der Waals surface area contributed by atoms with E-state index in [2.05, 4.69) is 160 Å². The second-order valence-electron chi connectivity index (χ2n) is 43.4. The van der Waals surface area contributed by atoms with Gasteiger partial charge in [0.2, 0.25) is 0 Å². The van der Waals surface area contributed by atoms with Crippen LogP contribution < -0.4 is 25.1 Å². The molecule has 0 heterocycles. The highest BCUT2D eigenvalue weighted by molar-refractivity contribution is 6.49. The summed E-state index contributed by atoms with van der Waals surface area (Å²) >= 11 is 0. The summed E-state index contributed by atoms with van der Waals surface area (Å²) in [5.41, 5.74) is 51.5. The molecule has 4 nitrogen and oxygen atoms in total. The Labute approximate surface area is 758 Å². The Morgan fingerprint density at radius 2 is 0.812 bits per heavy atom. The summed E-state index contributed by atoms with van der Waals surface area (Å²) in [6.07, 6.45) is 57.9. The van der Waals surface area contributed by atoms with Crippen molar-refractivity contribution in [1.29, 1.82) is 0 Å². The molecule has 0 fully saturated rings. The van der Waals surface area contributed by atoms with Crippen molar-refractivity contribution in [3.63, 3.8) is 0 Å². The fourth-order valence-electron chi connectivity index (χ4n) is 30.9. The molecule has 0 radical (unpaired) electrons. The summed E-state index contributed by atoms with van der Waals surface area (Å²) in [6, 6.07) is 23.9. The van der Waals surface area contributed by atoms with Crippen molar-refractivity contribution in [3.05, 3.63) is 240 Å². The lowest BCUT2D eigenvalue weighted by Gasteiger charge is -2.57. The minimum atomic E-state index is -0.0550. The normalized spacial score (nSPS) is 22.0. The predicted molar refractivity (Wildman–Crippen MR) is 535 cm³/mol. The molecular weight excluding hydrogens is 1550 g/mol. The molecule has 16 aliphatic rings. The van der Waals surface area contributed by atoms with E-state index in [1.807, 2.05) is 0 Å². The monoisotopic (exact) mass is 1680 g/mol. The average molecular weight is 1680 g/mol. The van der Waals surface area contributed by atoms with Gasteiger partial charge in [-0.2, -0.15) is 0 Å². The molecule has 128 heavy (non-hydrogen) atoms. The quantitative estimate of drug-likeness (QED) is 0.0218. The van der Waals surface area contributed by atoms with Crippen molar-refractivity contribution >= 4 is 98.6 Å². The Kier molecular flexibility index (Phi) is 18.0. The van der Waals surface area contributed by atoms with Gasteiger partial charge in [-0.3, -0.25) is 0 Å². The predicted octanol–water partition coefficient (Wildman–Crippen LogP) is 31.8. The van der Waals surface area contributed by atoms with E-state index in [0.717, 1.165) is 69.2 Å². The summed E-state index contributed by atoms with van der Waals surface area (Å²) in [4.78, 5) is 0. The van der Waals surface area contributed by atoms with Gasteiger partial charge in [0, 0.05) is 81.4 Å². The first kappa shape index (κ1) is 78.2. The molecular formula is C124H128O4. The molecule has 0 aromatic heterocycles. The van der Waals surface area contributed by atoms with Gasteiger partial charge in [-0.15, -0.1) is 0 Å². The number of allylic oxidation sites excluding steroid dienone is 13. The van der Waals surface area contributed by atoms with Crippen LogP contribution in [0.5, 0.6) is 11.5 Å². The summed E-state index contributed by atoms with van der Waals surface area (Å²) in [5, 5.41) is 23.1. The van der Waals surface area contributed by atoms with Crippen LogP contribution >= 0.6 is 0 Å². The van der Waals surface area contributed by atoms with Crippen molar-refractivity contribution in [2.24, 2.45) is 5.92 Å². The van der Waals surface area contributed by atoms with Crippen molar-refractivity contribution in [2.75, 3.05) is 26.4 Å². The molecule has 0 saturated heterocycles. The Bertz CT molecular complexity index is 7330. The zero-order valence-corrected chi connectivity index (χ0v) is 78.2. The molecule has 9 atom stereocenters. The molecule has 0 spiro atoms. The summed E-state index contributed by atoms with van der Waals surface area (Å²) in [6.45, 7) is 27.1. The van der Waals surface area contributed by atoms with Crippen molar-refractivity contribution < 1.29 is 18.9 Å². The van der Waals surface area contributed by atoms with Crippen molar-refractivity contribution in [1.82, 2.24) is 0 Å². The highest BCUT2D eigenvalue weighted by atomic mass is 16.5. The van der Waals surface area contributed by atoms with Crippen molar-refractivity contribution in [3.8, 4) is 44.9 Å². The Morgan fingerprint density at radius 3 is 1.49 bits per heavy atom. The van der Waals surface area contributed by atoms with Crippen LogP contribution in [0.1, 0.15) is 407 Å². The van der Waals surface area contributed by atoms with Crippen LogP contribution in [0.4, 0.5) is 0 Å². The van der Waals surface area contributed by atoms with Crippen LogP contribution in [0.25, 0.3) is 132 Å². The maximum absolute atomic E-state index is 8.17. The van der Waals surface area contributed by atoms with Gasteiger partial charge < -0.3 is 18.9 Å². The van der Waals surface area contributed by atoms with Crippen LogP contribution in [-0.2, 0) is 15.9 Å². The first-order chi connectivity index (χ1) is 63.0. The molecule has 11 aromatic carbocycles. The SMILES string of the molecule is CCCCCCCCCCOC1=CC2c3c(c4c5c6c7c8c9c%10c%11c%12c%13c%14c%15c%16c%17c(c%18c(OCCCCCCCCCC)cc2c(c9c36)c%18c%10c%17%13)C(C)=CC%16c2cc(C)cc3c2C=%15C2c6c-3cc(C)cc6-c3cc(C)cc6c3C2C=%14C2=C6C=C(C)C(C3=C%11C8C(C=C3OCCCCCCCCCC)c3cc(OCCCCCCCCCC)cc(c3-7)C5C=C(C)C=4)C2%12)C1. The van der Waals surface area contributed by atoms with E-state index in [9.17, 15) is 0 Å². The van der Waals surface area contributed by atoms with Gasteiger partial charge in [0.1, 0.15) is 17.3 Å². The molecule has 0 bridgehead atoms. The van der Waals surface area contributed by atoms with Gasteiger partial charge in [0.25, 0.3) is 0 Å². The molecule has 16 aliphatic carbocycles. The van der Waals surface area contributed by atoms with E-state index in [4.69, 9.17) is 18.9 Å². The molecule has 0 N–H and O–H groups in total. The lowest BCUT2D eigenvalue weighted by molar-refractivity contribution is 0.196. The highest BCUT2D eigenvalue weighted by Gasteiger charge is 2.62. The Morgan fingerprint density at radius 1 is 0.297 bits per heavy atom. The second kappa shape index (κ2) is 29.4. The molecule has 648 valence electrons. The lowest BCUT2D eigenvalue weighted by Crippen LogP contribution is -2.51. The van der Waals surface area contributed by atoms with E-state index >= 15 is 0 Å². The number of ether oxygens (including phenoxy) is 4. The maximum atomic E-state index is 8.17. The zero-order chi connectivity index (χ0) is 85.4. The third-order valence-corrected chi connectivity index (χ3v) is 35.6. The van der Waals surface area contributed by atoms with E-state index in [1.54, 1.807) is 131 Å². The van der Waals surface area contributed by atoms with Gasteiger partial charge in [0.15, 0.2) is 0 Å². The van der Waals surface area contributed by atoms with Crippen LogP contribution in [0.15, 0.2) is 119 Å². The molecule has 11 aromatic rings. The maximum Gasteiger partial charge on any atom is 0.128 e. The van der Waals surface area contributed by atoms with Gasteiger partial charge >= 0.3 is 0 Å². The fraction of sp³-hybridized carbons (Fsp3) is 0.452. The van der Waals surface area contributed by atoms with Crippen molar-refractivity contribution in [2.45, 2.75) is 328 Å². The summed E-state index contributed by atoms with van der Waals surface area (Å²) < 4.78 is 31.4. The van der Waals surface area contributed by atoms with Crippen LogP contribution in [0.2, 0.25) is 0 Å². The fourth-order valence-corrected chi connectivity index (χ4v) is 30.9. The number of hydrogen-bond acceptors (Lipinski definition) is 4. The van der Waals surface area contributed by atoms with E-state index in [-0.39, 0.29) is 53.3 Å². The lowest BCUT2D eigenvalue weighted by atomic mass is 9.46.